The zero-order valence-corrected chi connectivity index (χ0v) is 25.7. The van der Waals surface area contributed by atoms with Crippen LogP contribution in [-0.4, -0.2) is 60.4 Å². The van der Waals surface area contributed by atoms with Crippen molar-refractivity contribution in [2.45, 2.75) is 53.9 Å². The molecule has 2 unspecified atom stereocenters. The van der Waals surface area contributed by atoms with Gasteiger partial charge < -0.3 is 24.5 Å². The number of esters is 1. The number of amides is 1. The summed E-state index contributed by atoms with van der Waals surface area (Å²) in [7, 11) is 0. The minimum atomic E-state index is -0.901. The van der Waals surface area contributed by atoms with Crippen LogP contribution in [0, 0.1) is 18.8 Å². The van der Waals surface area contributed by atoms with E-state index >= 15 is 0 Å². The van der Waals surface area contributed by atoms with Crippen molar-refractivity contribution in [2.75, 3.05) is 37.6 Å². The number of aliphatic hydroxyl groups is 1. The number of anilines is 1. The summed E-state index contributed by atoms with van der Waals surface area (Å²) in [6.07, 6.45) is 2.32. The van der Waals surface area contributed by atoms with Crippen LogP contribution in [0.25, 0.3) is 11.6 Å². The van der Waals surface area contributed by atoms with Crippen LogP contribution in [0.5, 0.6) is 5.75 Å². The molecule has 0 saturated carbocycles. The molecule has 43 heavy (non-hydrogen) atoms. The number of nitrogens with one attached hydrogen (secondary N) is 1. The second-order valence-corrected chi connectivity index (χ2v) is 12.6. The second kappa shape index (κ2) is 10.9. The number of benzene rings is 1. The van der Waals surface area contributed by atoms with Gasteiger partial charge in [-0.05, 0) is 54.7 Å². The number of ether oxygens (including phenoxy) is 1. The number of carbonyl (C=O) groups is 3. The lowest BCUT2D eigenvalue weighted by molar-refractivity contribution is -0.132. The largest absolute Gasteiger partial charge is 0.511 e. The highest BCUT2D eigenvalue weighted by molar-refractivity contribution is 6.07. The van der Waals surface area contributed by atoms with E-state index in [9.17, 15) is 19.5 Å². The van der Waals surface area contributed by atoms with Crippen LogP contribution in [0.2, 0.25) is 0 Å². The van der Waals surface area contributed by atoms with Gasteiger partial charge in [-0.2, -0.15) is 0 Å². The average Bonchev–Trinajstić information content (AvgIpc) is 3.33. The lowest BCUT2D eigenvalue weighted by atomic mass is 9.63. The molecule has 1 saturated heterocycles. The molecule has 9 nitrogen and oxygen atoms in total. The molecule has 6 rings (SSSR count). The third-order valence-corrected chi connectivity index (χ3v) is 8.88. The highest BCUT2D eigenvalue weighted by atomic mass is 16.5. The van der Waals surface area contributed by atoms with E-state index in [1.54, 1.807) is 6.92 Å². The van der Waals surface area contributed by atoms with Crippen LogP contribution in [0.1, 0.15) is 68.7 Å². The van der Waals surface area contributed by atoms with E-state index in [2.05, 4.69) is 35.0 Å². The Morgan fingerprint density at radius 3 is 2.47 bits per heavy atom. The van der Waals surface area contributed by atoms with Gasteiger partial charge in [0.1, 0.15) is 23.0 Å². The van der Waals surface area contributed by atoms with Crippen molar-refractivity contribution in [1.82, 2.24) is 10.2 Å². The summed E-state index contributed by atoms with van der Waals surface area (Å²) in [4.78, 5) is 43.5. The quantitative estimate of drug-likeness (QED) is 0.376. The number of hydrogen-bond acceptors (Lipinski definition) is 8. The molecule has 2 aromatic rings. The van der Waals surface area contributed by atoms with Crippen molar-refractivity contribution < 1.29 is 28.6 Å². The van der Waals surface area contributed by atoms with Crippen LogP contribution in [0.15, 0.2) is 45.2 Å². The van der Waals surface area contributed by atoms with Gasteiger partial charge in [-0.15, -0.1) is 0 Å². The lowest BCUT2D eigenvalue weighted by Gasteiger charge is -2.40. The van der Waals surface area contributed by atoms with Crippen LogP contribution >= 0.6 is 0 Å². The number of ketones is 1. The number of furan rings is 1. The summed E-state index contributed by atoms with van der Waals surface area (Å²) >= 11 is 0. The third kappa shape index (κ3) is 5.09. The highest BCUT2D eigenvalue weighted by Crippen LogP contribution is 2.55. The van der Waals surface area contributed by atoms with Crippen molar-refractivity contribution in [2.24, 2.45) is 11.8 Å². The first-order valence-electron chi connectivity index (χ1n) is 15.0. The van der Waals surface area contributed by atoms with Crippen LogP contribution < -0.4 is 15.0 Å². The number of nitrogens with zero attached hydrogens (tertiary/aromatic N) is 2. The molecule has 0 radical (unpaired) electrons. The van der Waals surface area contributed by atoms with Gasteiger partial charge in [0.15, 0.2) is 5.78 Å². The summed E-state index contributed by atoms with van der Waals surface area (Å²) in [6.45, 7) is 15.5. The van der Waals surface area contributed by atoms with Gasteiger partial charge in [0.25, 0.3) is 0 Å². The fraction of sp³-hybridized carbons (Fsp3) is 0.441. The molecule has 0 bridgehead atoms. The van der Waals surface area contributed by atoms with Crippen molar-refractivity contribution in [3.8, 4) is 5.75 Å². The molecular formula is C34H39N3O6. The van der Waals surface area contributed by atoms with E-state index in [0.29, 0.717) is 40.8 Å². The number of aryl methyl sites for hydroxylation is 1. The van der Waals surface area contributed by atoms with Gasteiger partial charge in [0.2, 0.25) is 5.91 Å². The van der Waals surface area contributed by atoms with Gasteiger partial charge in [0.05, 0.1) is 11.6 Å². The fourth-order valence-electron chi connectivity index (χ4n) is 7.14. The third-order valence-electron chi connectivity index (χ3n) is 8.88. The standard InChI is InChI=1S/C34H39N3O6/c1-17(2)16-36-7-9-37(10-8-36)23-12-22-13-26-25(15-24(22)28(14-23)43-21(6)39)29-27-11-18(3)42-34(27)19(4)32(40)30(29)33(41)31(26)35-20(5)38/h11-12,14-15,17,29-30,40H,7-10,13,16H2,1-6H3,(H,35,38). The summed E-state index contributed by atoms with van der Waals surface area (Å²) < 4.78 is 11.8. The molecule has 226 valence electrons. The first-order chi connectivity index (χ1) is 20.4. The maximum atomic E-state index is 14.1. The Labute approximate surface area is 251 Å². The van der Waals surface area contributed by atoms with Gasteiger partial charge in [-0.25, -0.2) is 0 Å². The Kier molecular flexibility index (Phi) is 7.32. The number of aliphatic hydroxyl groups excluding tert-OH is 1. The highest BCUT2D eigenvalue weighted by Gasteiger charge is 2.49. The van der Waals surface area contributed by atoms with Crippen LogP contribution in [0.4, 0.5) is 5.69 Å². The van der Waals surface area contributed by atoms with Gasteiger partial charge in [-0.1, -0.05) is 13.8 Å². The molecule has 0 spiro atoms. The minimum Gasteiger partial charge on any atom is -0.511 e. The summed E-state index contributed by atoms with van der Waals surface area (Å²) in [5.41, 5.74) is 5.67. The molecule has 2 heterocycles. The maximum Gasteiger partial charge on any atom is 0.308 e. The predicted molar refractivity (Wildman–Crippen MR) is 164 cm³/mol. The summed E-state index contributed by atoms with van der Waals surface area (Å²) in [5.74, 6) is -0.271. The SMILES string of the molecule is CC(=O)NC1=C2Cc3cc(N4CCN(CC(C)C)CC4)cc(OC(C)=O)c3C=C2C2c3cc(C)oc3C(C)=C(O)C2C1=O. The zero-order chi connectivity index (χ0) is 30.7. The van der Waals surface area contributed by atoms with E-state index in [1.165, 1.54) is 13.8 Å². The van der Waals surface area contributed by atoms with Crippen molar-refractivity contribution in [1.29, 1.82) is 0 Å². The predicted octanol–water partition coefficient (Wildman–Crippen LogP) is 4.91. The molecule has 1 aliphatic heterocycles. The number of carbonyl (C=O) groups excluding carboxylic acids is 3. The maximum absolute atomic E-state index is 14.1. The molecule has 9 heteroatoms. The normalized spacial score (nSPS) is 21.7. The van der Waals surface area contributed by atoms with Crippen LogP contribution in [0.3, 0.4) is 0 Å². The smallest absolute Gasteiger partial charge is 0.308 e. The average molecular weight is 586 g/mol. The Morgan fingerprint density at radius 2 is 1.81 bits per heavy atom. The van der Waals surface area contributed by atoms with E-state index in [4.69, 9.17) is 9.15 Å². The number of Topliss-reactive ketones (excluding diaryl/α,β-unsaturated/α-hetero) is 1. The number of allylic oxidation sites excluding steroid dienone is 5. The molecular weight excluding hydrogens is 546 g/mol. The minimum absolute atomic E-state index is 0.0578. The first-order valence-corrected chi connectivity index (χ1v) is 15.0. The summed E-state index contributed by atoms with van der Waals surface area (Å²) in [6, 6.07) is 5.96. The molecule has 2 N–H and O–H groups in total. The van der Waals surface area contributed by atoms with E-state index in [-0.39, 0.29) is 23.1 Å². The van der Waals surface area contributed by atoms with Crippen molar-refractivity contribution in [3.63, 3.8) is 0 Å². The molecule has 1 aromatic carbocycles. The fourth-order valence-corrected chi connectivity index (χ4v) is 7.14. The lowest BCUT2D eigenvalue weighted by Crippen LogP contribution is -2.47. The number of fused-ring (bicyclic) bond motifs is 6. The topological polar surface area (TPSA) is 112 Å². The summed E-state index contributed by atoms with van der Waals surface area (Å²) in [5, 5.41) is 14.1. The van der Waals surface area contributed by atoms with Crippen LogP contribution in [-0.2, 0) is 20.8 Å². The van der Waals surface area contributed by atoms with Gasteiger partial charge >= 0.3 is 5.97 Å². The number of piperazine rings is 1. The molecule has 3 aliphatic carbocycles. The Hall–Kier alpha value is -4.11. The van der Waals surface area contributed by atoms with Crippen molar-refractivity contribution in [3.05, 3.63) is 69.0 Å². The van der Waals surface area contributed by atoms with E-state index in [0.717, 1.165) is 60.7 Å². The van der Waals surface area contributed by atoms with E-state index < -0.39 is 17.8 Å². The van der Waals surface area contributed by atoms with Gasteiger partial charge in [0, 0.05) is 87.4 Å². The molecule has 1 aromatic heterocycles. The molecule has 1 amide bonds. The van der Waals surface area contributed by atoms with E-state index in [1.807, 2.05) is 25.1 Å². The number of hydrogen-bond donors (Lipinski definition) is 2. The van der Waals surface area contributed by atoms with Crippen molar-refractivity contribution >= 4 is 35.0 Å². The Morgan fingerprint density at radius 1 is 1.09 bits per heavy atom. The number of rotatable bonds is 5. The Bertz CT molecular complexity index is 1630. The second-order valence-electron chi connectivity index (χ2n) is 12.6. The molecule has 2 atom stereocenters. The first kappa shape index (κ1) is 29.0. The zero-order valence-electron chi connectivity index (χ0n) is 25.7. The molecule has 4 aliphatic rings. The Balaban J connectivity index is 1.50. The molecule has 1 fully saturated rings. The monoisotopic (exact) mass is 585 g/mol. The van der Waals surface area contributed by atoms with Gasteiger partial charge in [-0.3, -0.25) is 19.3 Å².